The highest BCUT2D eigenvalue weighted by Crippen LogP contribution is 2.28. The zero-order chi connectivity index (χ0) is 14.7. The molecule has 1 heterocycles. The Morgan fingerprint density at radius 3 is 2.55 bits per heavy atom. The quantitative estimate of drug-likeness (QED) is 0.756. The van der Waals surface area contributed by atoms with E-state index in [1.165, 1.54) is 11.3 Å². The van der Waals surface area contributed by atoms with Crippen LogP contribution in [0, 0.1) is 0 Å². The maximum Gasteiger partial charge on any atom is 0.304 e. The zero-order valence-electron chi connectivity index (χ0n) is 11.9. The van der Waals surface area contributed by atoms with Gasteiger partial charge in [0.25, 0.3) is 0 Å². The number of carbonyl (C=O) groups is 3. The predicted octanol–water partition coefficient (Wildman–Crippen LogP) is 0.853. The summed E-state index contributed by atoms with van der Waals surface area (Å²) in [5.74, 6) is -1.14. The Kier molecular flexibility index (Phi) is 4.75. The summed E-state index contributed by atoms with van der Waals surface area (Å²) in [6, 6.07) is -0.426. The smallest absolute Gasteiger partial charge is 0.304 e. The van der Waals surface area contributed by atoms with Crippen molar-refractivity contribution in [3.8, 4) is 0 Å². The summed E-state index contributed by atoms with van der Waals surface area (Å²) < 4.78 is 0. The number of aliphatic carboxylic acids is 1. The Hall–Kier alpha value is -1.43. The van der Waals surface area contributed by atoms with E-state index in [2.05, 4.69) is 0 Å². The van der Waals surface area contributed by atoms with Crippen molar-refractivity contribution in [3.63, 3.8) is 0 Å². The van der Waals surface area contributed by atoms with E-state index in [1.807, 2.05) is 0 Å². The first-order chi connectivity index (χ1) is 9.50. The third-order valence-electron chi connectivity index (χ3n) is 4.31. The summed E-state index contributed by atoms with van der Waals surface area (Å²) in [5.41, 5.74) is 0. The summed E-state index contributed by atoms with van der Waals surface area (Å²) in [6.07, 6.45) is 5.30. The molecule has 0 spiro atoms. The monoisotopic (exact) mass is 282 g/mol. The third kappa shape index (κ3) is 3.17. The van der Waals surface area contributed by atoms with Crippen molar-refractivity contribution >= 4 is 17.8 Å². The first-order valence-corrected chi connectivity index (χ1v) is 7.28. The van der Waals surface area contributed by atoms with Crippen molar-refractivity contribution in [1.29, 1.82) is 0 Å². The van der Waals surface area contributed by atoms with E-state index < -0.39 is 12.0 Å². The second-order valence-corrected chi connectivity index (χ2v) is 5.74. The fraction of sp³-hybridized carbons (Fsp3) is 0.786. The van der Waals surface area contributed by atoms with Crippen molar-refractivity contribution in [3.05, 3.63) is 0 Å². The molecular weight excluding hydrogens is 260 g/mol. The van der Waals surface area contributed by atoms with Gasteiger partial charge in [-0.1, -0.05) is 19.3 Å². The molecule has 1 unspecified atom stereocenters. The molecule has 0 radical (unpaired) electrons. The molecule has 6 nitrogen and oxygen atoms in total. The van der Waals surface area contributed by atoms with Crippen LogP contribution in [-0.4, -0.2) is 58.4 Å². The number of hydrogen-bond donors (Lipinski definition) is 1. The van der Waals surface area contributed by atoms with E-state index in [0.29, 0.717) is 0 Å². The summed E-state index contributed by atoms with van der Waals surface area (Å²) >= 11 is 0. The van der Waals surface area contributed by atoms with Gasteiger partial charge in [-0.25, -0.2) is 0 Å². The summed E-state index contributed by atoms with van der Waals surface area (Å²) in [5, 5.41) is 8.69. The molecule has 1 aliphatic heterocycles. The number of amides is 2. The van der Waals surface area contributed by atoms with Gasteiger partial charge in [0.15, 0.2) is 0 Å². The molecule has 2 rings (SSSR count). The second kappa shape index (κ2) is 6.35. The van der Waals surface area contributed by atoms with Crippen LogP contribution >= 0.6 is 0 Å². The molecule has 0 aromatic rings. The molecule has 1 N–H and O–H groups in total. The van der Waals surface area contributed by atoms with Crippen molar-refractivity contribution in [2.24, 2.45) is 0 Å². The first-order valence-electron chi connectivity index (χ1n) is 7.28. The fourth-order valence-corrected chi connectivity index (χ4v) is 3.13. The normalized spacial score (nSPS) is 24.7. The largest absolute Gasteiger partial charge is 0.481 e. The Morgan fingerprint density at radius 2 is 1.95 bits per heavy atom. The minimum absolute atomic E-state index is 0.0160. The number of carbonyl (C=O) groups excluding carboxylic acids is 2. The third-order valence-corrected chi connectivity index (χ3v) is 4.31. The molecule has 1 atom stereocenters. The van der Waals surface area contributed by atoms with E-state index in [-0.39, 0.29) is 37.2 Å². The average molecular weight is 282 g/mol. The topological polar surface area (TPSA) is 77.9 Å². The van der Waals surface area contributed by atoms with E-state index in [1.54, 1.807) is 11.9 Å². The molecule has 0 aromatic carbocycles. The van der Waals surface area contributed by atoms with Crippen molar-refractivity contribution in [2.75, 3.05) is 13.6 Å². The van der Waals surface area contributed by atoms with Crippen LogP contribution in [0.25, 0.3) is 0 Å². The number of carboxylic acid groups (broad SMARTS) is 1. The SMILES string of the molecule is CN(CCC(=O)O)C1CC(=O)N(C2CCCCC2)C1=O. The standard InChI is InChI=1S/C14H22N2O4/c1-15(8-7-13(18)19)11-9-12(17)16(14(11)20)10-5-3-2-4-6-10/h10-11H,2-9H2,1H3,(H,18,19). The van der Waals surface area contributed by atoms with E-state index >= 15 is 0 Å². The summed E-state index contributed by atoms with van der Waals surface area (Å²) in [6.45, 7) is 0.289. The van der Waals surface area contributed by atoms with Gasteiger partial charge in [-0.05, 0) is 19.9 Å². The van der Waals surface area contributed by atoms with E-state index in [9.17, 15) is 14.4 Å². The van der Waals surface area contributed by atoms with Crippen molar-refractivity contribution in [1.82, 2.24) is 9.80 Å². The van der Waals surface area contributed by atoms with Crippen LogP contribution in [0.4, 0.5) is 0 Å². The van der Waals surface area contributed by atoms with Crippen LogP contribution in [0.5, 0.6) is 0 Å². The van der Waals surface area contributed by atoms with Crippen molar-refractivity contribution < 1.29 is 19.5 Å². The van der Waals surface area contributed by atoms with Gasteiger partial charge < -0.3 is 5.11 Å². The number of rotatable bonds is 5. The van der Waals surface area contributed by atoms with Gasteiger partial charge in [-0.15, -0.1) is 0 Å². The van der Waals surface area contributed by atoms with Crippen molar-refractivity contribution in [2.45, 2.75) is 57.0 Å². The molecule has 6 heteroatoms. The highest BCUT2D eigenvalue weighted by molar-refractivity contribution is 6.05. The fourth-order valence-electron chi connectivity index (χ4n) is 3.13. The molecule has 1 saturated carbocycles. The maximum absolute atomic E-state index is 12.4. The Balaban J connectivity index is 1.98. The number of hydrogen-bond acceptors (Lipinski definition) is 4. The molecule has 2 amide bonds. The van der Waals surface area contributed by atoms with E-state index in [4.69, 9.17) is 5.11 Å². The lowest BCUT2D eigenvalue weighted by atomic mass is 9.94. The van der Waals surface area contributed by atoms with Crippen LogP contribution in [0.3, 0.4) is 0 Å². The van der Waals surface area contributed by atoms with Gasteiger partial charge in [-0.2, -0.15) is 0 Å². The number of likely N-dealkylation sites (N-methyl/N-ethyl adjacent to an activating group) is 1. The molecule has 0 aromatic heterocycles. The van der Waals surface area contributed by atoms with Crippen LogP contribution in [0.2, 0.25) is 0 Å². The summed E-state index contributed by atoms with van der Waals surface area (Å²) in [7, 11) is 1.71. The van der Waals surface area contributed by atoms with Crippen LogP contribution < -0.4 is 0 Å². The van der Waals surface area contributed by atoms with E-state index in [0.717, 1.165) is 25.7 Å². The first kappa shape index (κ1) is 15.0. The number of imide groups is 1. The molecule has 1 saturated heterocycles. The molecular formula is C14H22N2O4. The van der Waals surface area contributed by atoms with Crippen LogP contribution in [-0.2, 0) is 14.4 Å². The molecule has 2 fully saturated rings. The van der Waals surface area contributed by atoms with Gasteiger partial charge in [0, 0.05) is 12.6 Å². The molecule has 0 bridgehead atoms. The minimum atomic E-state index is -0.891. The Bertz CT molecular complexity index is 404. The zero-order valence-corrected chi connectivity index (χ0v) is 11.9. The number of carboxylic acids is 1. The van der Waals surface area contributed by atoms with Gasteiger partial charge in [0.05, 0.1) is 18.9 Å². The number of nitrogens with zero attached hydrogens (tertiary/aromatic N) is 2. The lowest BCUT2D eigenvalue weighted by Crippen LogP contribution is -2.45. The van der Waals surface area contributed by atoms with Crippen LogP contribution in [0.1, 0.15) is 44.9 Å². The highest BCUT2D eigenvalue weighted by Gasteiger charge is 2.44. The van der Waals surface area contributed by atoms with Gasteiger partial charge in [0.2, 0.25) is 11.8 Å². The maximum atomic E-state index is 12.4. The molecule has 2 aliphatic rings. The predicted molar refractivity (Wildman–Crippen MR) is 72.0 cm³/mol. The minimum Gasteiger partial charge on any atom is -0.481 e. The van der Waals surface area contributed by atoms with Gasteiger partial charge in [0.1, 0.15) is 0 Å². The number of likely N-dealkylation sites (tertiary alicyclic amines) is 1. The second-order valence-electron chi connectivity index (χ2n) is 5.74. The lowest BCUT2D eigenvalue weighted by Gasteiger charge is -2.30. The Morgan fingerprint density at radius 1 is 1.30 bits per heavy atom. The lowest BCUT2D eigenvalue weighted by molar-refractivity contribution is -0.144. The van der Waals surface area contributed by atoms with Gasteiger partial charge >= 0.3 is 5.97 Å². The van der Waals surface area contributed by atoms with Gasteiger partial charge in [-0.3, -0.25) is 24.2 Å². The Labute approximate surface area is 118 Å². The molecule has 112 valence electrons. The molecule has 20 heavy (non-hydrogen) atoms. The summed E-state index contributed by atoms with van der Waals surface area (Å²) in [4.78, 5) is 38.2. The average Bonchev–Trinajstić information content (AvgIpc) is 2.72. The molecule has 1 aliphatic carbocycles. The highest BCUT2D eigenvalue weighted by atomic mass is 16.4. The van der Waals surface area contributed by atoms with Crippen LogP contribution in [0.15, 0.2) is 0 Å².